The van der Waals surface area contributed by atoms with E-state index in [4.69, 9.17) is 0 Å². The van der Waals surface area contributed by atoms with Crippen LogP contribution in [0.3, 0.4) is 0 Å². The number of hydrogen-bond donors (Lipinski definition) is 2. The average molecular weight is 377 g/mol. The summed E-state index contributed by atoms with van der Waals surface area (Å²) in [6, 6.07) is 0. The van der Waals surface area contributed by atoms with Crippen molar-refractivity contribution >= 4 is 0 Å². The van der Waals surface area contributed by atoms with Gasteiger partial charge in [0.05, 0.1) is 6.10 Å². The molecule has 4 aliphatic rings. The predicted octanol–water partition coefficient (Wildman–Crippen LogP) is 5.80. The fourth-order valence-corrected chi connectivity index (χ4v) is 10.3. The van der Waals surface area contributed by atoms with Crippen molar-refractivity contribution in [1.29, 1.82) is 0 Å². The first-order valence-electron chi connectivity index (χ1n) is 12.2. The van der Waals surface area contributed by atoms with E-state index in [1.807, 2.05) is 0 Å². The summed E-state index contributed by atoms with van der Waals surface area (Å²) in [4.78, 5) is 0. The Morgan fingerprint density at radius 3 is 2.19 bits per heavy atom. The van der Waals surface area contributed by atoms with Crippen molar-refractivity contribution in [2.45, 2.75) is 105 Å². The van der Waals surface area contributed by atoms with Crippen molar-refractivity contribution in [3.63, 3.8) is 0 Å². The van der Waals surface area contributed by atoms with Crippen LogP contribution in [-0.4, -0.2) is 22.9 Å². The molecule has 8 unspecified atom stereocenters. The van der Waals surface area contributed by atoms with Crippen LogP contribution in [0.1, 0.15) is 98.8 Å². The van der Waals surface area contributed by atoms with Crippen LogP contribution < -0.4 is 0 Å². The highest BCUT2D eigenvalue weighted by Crippen LogP contribution is 2.83. The molecule has 4 rings (SSSR count). The lowest BCUT2D eigenvalue weighted by Crippen LogP contribution is -2.60. The fraction of sp³-hybridized carbons (Fsp3) is 1.00. The Bertz CT molecular complexity index is 569. The number of aliphatic hydroxyl groups is 2. The van der Waals surface area contributed by atoms with Gasteiger partial charge < -0.3 is 10.2 Å². The third kappa shape index (κ3) is 2.16. The SMILES string of the molecule is CCC1(CC)CCCC2(CC)C3C(O)CC4(CC)C(CO)C4(C)C3CCC12. The molecular formula is C25H44O2. The van der Waals surface area contributed by atoms with Crippen LogP contribution in [0, 0.1) is 45.3 Å². The zero-order valence-electron chi connectivity index (χ0n) is 18.6. The maximum Gasteiger partial charge on any atom is 0.0582 e. The molecule has 0 saturated heterocycles. The summed E-state index contributed by atoms with van der Waals surface area (Å²) >= 11 is 0. The Kier molecular flexibility index (Phi) is 4.83. The molecule has 8 atom stereocenters. The quantitative estimate of drug-likeness (QED) is 0.636. The van der Waals surface area contributed by atoms with E-state index in [-0.39, 0.29) is 16.9 Å². The van der Waals surface area contributed by atoms with Crippen molar-refractivity contribution in [3.05, 3.63) is 0 Å². The molecule has 0 aliphatic heterocycles. The topological polar surface area (TPSA) is 40.5 Å². The third-order valence-corrected chi connectivity index (χ3v) is 11.6. The van der Waals surface area contributed by atoms with Gasteiger partial charge >= 0.3 is 0 Å². The monoisotopic (exact) mass is 376 g/mol. The van der Waals surface area contributed by atoms with Gasteiger partial charge in [0.25, 0.3) is 0 Å². The third-order valence-electron chi connectivity index (χ3n) is 11.6. The Hall–Kier alpha value is -0.0800. The lowest BCUT2D eigenvalue weighted by atomic mass is 9.40. The molecule has 2 heteroatoms. The summed E-state index contributed by atoms with van der Waals surface area (Å²) < 4.78 is 0. The standard InChI is InChI=1S/C25H44O2/c1-6-23(7-2)13-10-14-24(8-3)19(23)12-11-17-21(24)18(27)15-25(9-4)20(16-26)22(17,25)5/h17-21,26-27H,6-16H2,1-5H3. The summed E-state index contributed by atoms with van der Waals surface area (Å²) in [5.41, 5.74) is 1.29. The maximum absolute atomic E-state index is 11.6. The molecule has 0 amide bonds. The highest BCUT2D eigenvalue weighted by Gasteiger charge is 2.80. The molecule has 0 heterocycles. The second kappa shape index (κ2) is 6.46. The second-order valence-corrected chi connectivity index (χ2v) is 11.1. The van der Waals surface area contributed by atoms with Gasteiger partial charge in [0.2, 0.25) is 0 Å². The van der Waals surface area contributed by atoms with Gasteiger partial charge in [-0.05, 0) is 90.3 Å². The van der Waals surface area contributed by atoms with Gasteiger partial charge in [-0.3, -0.25) is 0 Å². The van der Waals surface area contributed by atoms with E-state index >= 15 is 0 Å². The highest BCUT2D eigenvalue weighted by molar-refractivity contribution is 5.28. The maximum atomic E-state index is 11.6. The molecule has 2 nitrogen and oxygen atoms in total. The van der Waals surface area contributed by atoms with Gasteiger partial charge in [-0.2, -0.15) is 0 Å². The average Bonchev–Trinajstić information content (AvgIpc) is 3.25. The van der Waals surface area contributed by atoms with E-state index in [1.165, 1.54) is 51.4 Å². The first-order valence-corrected chi connectivity index (χ1v) is 12.2. The van der Waals surface area contributed by atoms with Gasteiger partial charge in [-0.15, -0.1) is 0 Å². The Morgan fingerprint density at radius 1 is 0.926 bits per heavy atom. The van der Waals surface area contributed by atoms with E-state index in [0.29, 0.717) is 35.2 Å². The molecule has 156 valence electrons. The van der Waals surface area contributed by atoms with E-state index in [2.05, 4.69) is 34.6 Å². The normalized spacial score (nSPS) is 53.2. The van der Waals surface area contributed by atoms with Gasteiger partial charge in [0.1, 0.15) is 0 Å². The molecule has 0 spiro atoms. The molecule has 0 aromatic heterocycles. The van der Waals surface area contributed by atoms with Crippen LogP contribution in [0.15, 0.2) is 0 Å². The van der Waals surface area contributed by atoms with Gasteiger partial charge in [-0.1, -0.05) is 53.9 Å². The summed E-state index contributed by atoms with van der Waals surface area (Å²) in [7, 11) is 0. The second-order valence-electron chi connectivity index (χ2n) is 11.1. The van der Waals surface area contributed by atoms with Crippen molar-refractivity contribution in [2.24, 2.45) is 45.3 Å². The predicted molar refractivity (Wildman–Crippen MR) is 111 cm³/mol. The molecule has 27 heavy (non-hydrogen) atoms. The highest BCUT2D eigenvalue weighted by atomic mass is 16.3. The van der Waals surface area contributed by atoms with Crippen molar-refractivity contribution in [2.75, 3.05) is 6.61 Å². The molecule has 0 aromatic carbocycles. The number of rotatable bonds is 5. The Labute approximate surface area is 167 Å². The van der Waals surface area contributed by atoms with Crippen LogP contribution in [0.5, 0.6) is 0 Å². The zero-order valence-corrected chi connectivity index (χ0v) is 18.6. The lowest BCUT2D eigenvalue weighted by Gasteiger charge is -2.65. The lowest BCUT2D eigenvalue weighted by molar-refractivity contribution is -0.191. The first-order chi connectivity index (χ1) is 12.9. The van der Waals surface area contributed by atoms with E-state index in [9.17, 15) is 10.2 Å². The molecule has 0 bridgehead atoms. The zero-order chi connectivity index (χ0) is 19.7. The molecule has 4 aliphatic carbocycles. The molecule has 0 radical (unpaired) electrons. The van der Waals surface area contributed by atoms with Crippen LogP contribution in [0.2, 0.25) is 0 Å². The van der Waals surface area contributed by atoms with E-state index in [0.717, 1.165) is 18.8 Å². The smallest absolute Gasteiger partial charge is 0.0582 e. The minimum atomic E-state index is -0.160. The fourth-order valence-electron chi connectivity index (χ4n) is 10.3. The van der Waals surface area contributed by atoms with Crippen LogP contribution >= 0.6 is 0 Å². The molecule has 0 aromatic rings. The Morgan fingerprint density at radius 2 is 1.63 bits per heavy atom. The van der Waals surface area contributed by atoms with Gasteiger partial charge in [-0.25, -0.2) is 0 Å². The van der Waals surface area contributed by atoms with Gasteiger partial charge in [0, 0.05) is 6.61 Å². The van der Waals surface area contributed by atoms with Crippen LogP contribution in [-0.2, 0) is 0 Å². The van der Waals surface area contributed by atoms with Gasteiger partial charge in [0.15, 0.2) is 0 Å². The number of fused-ring (bicyclic) bond motifs is 5. The minimum absolute atomic E-state index is 0.160. The summed E-state index contributed by atoms with van der Waals surface area (Å²) in [6.45, 7) is 12.4. The largest absolute Gasteiger partial charge is 0.396 e. The molecular weight excluding hydrogens is 332 g/mol. The van der Waals surface area contributed by atoms with Crippen molar-refractivity contribution < 1.29 is 10.2 Å². The molecule has 4 saturated carbocycles. The number of aliphatic hydroxyl groups excluding tert-OH is 2. The summed E-state index contributed by atoms with van der Waals surface area (Å²) in [5, 5.41) is 21.8. The molecule has 4 fully saturated rings. The summed E-state index contributed by atoms with van der Waals surface area (Å²) in [6.07, 6.45) is 12.4. The first kappa shape index (κ1) is 20.2. The van der Waals surface area contributed by atoms with E-state index < -0.39 is 0 Å². The van der Waals surface area contributed by atoms with Crippen molar-refractivity contribution in [3.8, 4) is 0 Å². The minimum Gasteiger partial charge on any atom is -0.396 e. The van der Waals surface area contributed by atoms with Crippen molar-refractivity contribution in [1.82, 2.24) is 0 Å². The van der Waals surface area contributed by atoms with Crippen LogP contribution in [0.25, 0.3) is 0 Å². The number of hydrogen-bond acceptors (Lipinski definition) is 2. The Balaban J connectivity index is 1.78. The van der Waals surface area contributed by atoms with Crippen LogP contribution in [0.4, 0.5) is 0 Å². The van der Waals surface area contributed by atoms with E-state index in [1.54, 1.807) is 0 Å². The summed E-state index contributed by atoms with van der Waals surface area (Å²) in [5.74, 6) is 2.27. The molecule has 2 N–H and O–H groups in total.